The lowest BCUT2D eigenvalue weighted by Gasteiger charge is -2.09. The first-order chi connectivity index (χ1) is 9.54. The maximum absolute atomic E-state index is 12.5. The van der Waals surface area contributed by atoms with E-state index in [2.05, 4.69) is 10.3 Å². The third-order valence-corrected chi connectivity index (χ3v) is 2.54. The Morgan fingerprint density at radius 2 is 2.00 bits per heavy atom. The van der Waals surface area contributed by atoms with Crippen molar-refractivity contribution in [1.29, 1.82) is 0 Å². The summed E-state index contributed by atoms with van der Waals surface area (Å²) in [7, 11) is 1.61. The van der Waals surface area contributed by atoms with Crippen LogP contribution < -0.4 is 5.32 Å². The molecule has 0 unspecified atom stereocenters. The number of halogens is 3. The molecule has 4 nitrogen and oxygen atoms in total. The number of aromatic nitrogens is 1. The van der Waals surface area contributed by atoms with Crippen LogP contribution in [0.5, 0.6) is 0 Å². The van der Waals surface area contributed by atoms with Crippen molar-refractivity contribution in [2.45, 2.75) is 19.0 Å². The highest BCUT2D eigenvalue weighted by atomic mass is 19.4. The fourth-order valence-electron chi connectivity index (χ4n) is 1.49. The lowest BCUT2D eigenvalue weighted by molar-refractivity contribution is -0.137. The van der Waals surface area contributed by atoms with Crippen LogP contribution in [0.1, 0.15) is 18.4 Å². The van der Waals surface area contributed by atoms with E-state index in [0.717, 1.165) is 31.2 Å². The van der Waals surface area contributed by atoms with Crippen LogP contribution in [0.25, 0.3) is 0 Å². The summed E-state index contributed by atoms with van der Waals surface area (Å²) in [4.78, 5) is 3.85. The zero-order chi connectivity index (χ0) is 14.8. The van der Waals surface area contributed by atoms with Crippen LogP contribution in [0.15, 0.2) is 18.3 Å². The Morgan fingerprint density at radius 3 is 2.70 bits per heavy atom. The molecule has 114 valence electrons. The molecule has 0 aliphatic carbocycles. The summed E-state index contributed by atoms with van der Waals surface area (Å²) < 4.78 is 47.5. The average molecular weight is 292 g/mol. The number of nitrogens with one attached hydrogen (secondary N) is 1. The molecule has 0 spiro atoms. The zero-order valence-corrected chi connectivity index (χ0v) is 11.4. The summed E-state index contributed by atoms with van der Waals surface area (Å²) in [5, 5.41) is 2.87. The van der Waals surface area contributed by atoms with Crippen molar-refractivity contribution in [1.82, 2.24) is 4.98 Å². The molecule has 7 heteroatoms. The number of rotatable bonds is 9. The van der Waals surface area contributed by atoms with Gasteiger partial charge in [0, 0.05) is 26.5 Å². The van der Waals surface area contributed by atoms with E-state index in [1.807, 2.05) is 0 Å². The quantitative estimate of drug-likeness (QED) is 0.711. The molecular formula is C13H19F3N2O2. The van der Waals surface area contributed by atoms with Gasteiger partial charge in [0.1, 0.15) is 5.82 Å². The summed E-state index contributed by atoms with van der Waals surface area (Å²) >= 11 is 0. The Kier molecular flexibility index (Phi) is 7.32. The lowest BCUT2D eigenvalue weighted by atomic mass is 10.2. The standard InChI is InChI=1S/C13H19F3N2O2/c1-19-8-9-20-7-3-2-5-17-12-10-11(4-6-18-12)13(14,15)16/h4,6,10H,2-3,5,7-9H2,1H3,(H,17,18). The average Bonchev–Trinajstić information content (AvgIpc) is 2.41. The van der Waals surface area contributed by atoms with E-state index in [-0.39, 0.29) is 5.82 Å². The highest BCUT2D eigenvalue weighted by Crippen LogP contribution is 2.29. The van der Waals surface area contributed by atoms with Crippen LogP contribution in [0.4, 0.5) is 19.0 Å². The minimum Gasteiger partial charge on any atom is -0.382 e. The van der Waals surface area contributed by atoms with Gasteiger partial charge in [-0.05, 0) is 25.0 Å². The third kappa shape index (κ3) is 6.72. The Morgan fingerprint density at radius 1 is 1.20 bits per heavy atom. The number of hydrogen-bond acceptors (Lipinski definition) is 4. The van der Waals surface area contributed by atoms with Gasteiger partial charge >= 0.3 is 6.18 Å². The van der Waals surface area contributed by atoms with Crippen LogP contribution in [-0.2, 0) is 15.7 Å². The van der Waals surface area contributed by atoms with E-state index in [1.54, 1.807) is 7.11 Å². The molecule has 1 aromatic heterocycles. The fourth-order valence-corrected chi connectivity index (χ4v) is 1.49. The molecule has 0 atom stereocenters. The minimum atomic E-state index is -4.34. The van der Waals surface area contributed by atoms with Gasteiger partial charge in [-0.1, -0.05) is 0 Å². The number of methoxy groups -OCH3 is 1. The number of anilines is 1. The van der Waals surface area contributed by atoms with Crippen molar-refractivity contribution < 1.29 is 22.6 Å². The summed E-state index contributed by atoms with van der Waals surface area (Å²) in [5.41, 5.74) is -0.696. The Hall–Kier alpha value is -1.34. The molecule has 1 rings (SSSR count). The van der Waals surface area contributed by atoms with Crippen molar-refractivity contribution in [3.63, 3.8) is 0 Å². The molecular weight excluding hydrogens is 273 g/mol. The van der Waals surface area contributed by atoms with E-state index in [9.17, 15) is 13.2 Å². The second-order valence-corrected chi connectivity index (χ2v) is 4.17. The van der Waals surface area contributed by atoms with Gasteiger partial charge in [-0.2, -0.15) is 13.2 Å². The summed E-state index contributed by atoms with van der Waals surface area (Å²) in [6, 6.07) is 1.96. The van der Waals surface area contributed by atoms with Gasteiger partial charge in [-0.25, -0.2) is 4.98 Å². The minimum absolute atomic E-state index is 0.236. The highest BCUT2D eigenvalue weighted by Gasteiger charge is 2.30. The van der Waals surface area contributed by atoms with Gasteiger partial charge in [0.15, 0.2) is 0 Å². The monoisotopic (exact) mass is 292 g/mol. The second-order valence-electron chi connectivity index (χ2n) is 4.17. The smallest absolute Gasteiger partial charge is 0.382 e. The van der Waals surface area contributed by atoms with E-state index in [0.29, 0.717) is 26.4 Å². The van der Waals surface area contributed by atoms with Crippen molar-refractivity contribution in [3.05, 3.63) is 23.9 Å². The maximum atomic E-state index is 12.5. The highest BCUT2D eigenvalue weighted by molar-refractivity contribution is 5.38. The third-order valence-electron chi connectivity index (χ3n) is 2.54. The largest absolute Gasteiger partial charge is 0.416 e. The Balaban J connectivity index is 2.19. The maximum Gasteiger partial charge on any atom is 0.416 e. The van der Waals surface area contributed by atoms with Crippen molar-refractivity contribution in [3.8, 4) is 0 Å². The number of ether oxygens (including phenoxy) is 2. The molecule has 1 heterocycles. The first kappa shape index (κ1) is 16.7. The summed E-state index contributed by atoms with van der Waals surface area (Å²) in [6.45, 7) is 2.29. The molecule has 0 radical (unpaired) electrons. The van der Waals surface area contributed by atoms with Crippen LogP contribution in [0.3, 0.4) is 0 Å². The Bertz CT molecular complexity index is 386. The first-order valence-electron chi connectivity index (χ1n) is 6.38. The number of pyridine rings is 1. The molecule has 0 aliphatic heterocycles. The fraction of sp³-hybridized carbons (Fsp3) is 0.615. The Labute approximate surface area is 116 Å². The first-order valence-corrected chi connectivity index (χ1v) is 6.38. The number of alkyl halides is 3. The molecule has 1 aromatic rings. The van der Waals surface area contributed by atoms with Crippen molar-refractivity contribution >= 4 is 5.82 Å². The van der Waals surface area contributed by atoms with Gasteiger partial charge in [-0.15, -0.1) is 0 Å². The van der Waals surface area contributed by atoms with Crippen molar-refractivity contribution in [2.75, 3.05) is 38.8 Å². The summed E-state index contributed by atoms with van der Waals surface area (Å²) in [6.07, 6.45) is -1.56. The lowest BCUT2D eigenvalue weighted by Crippen LogP contribution is -2.09. The molecule has 0 aromatic carbocycles. The SMILES string of the molecule is COCCOCCCCNc1cc(C(F)(F)F)ccn1. The molecule has 20 heavy (non-hydrogen) atoms. The molecule has 0 amide bonds. The molecule has 0 fully saturated rings. The molecule has 0 saturated heterocycles. The topological polar surface area (TPSA) is 43.4 Å². The van der Waals surface area contributed by atoms with Crippen LogP contribution in [0, 0.1) is 0 Å². The molecule has 1 N–H and O–H groups in total. The van der Waals surface area contributed by atoms with E-state index in [4.69, 9.17) is 9.47 Å². The van der Waals surface area contributed by atoms with Gasteiger partial charge in [0.2, 0.25) is 0 Å². The van der Waals surface area contributed by atoms with E-state index < -0.39 is 11.7 Å². The predicted molar refractivity (Wildman–Crippen MR) is 69.7 cm³/mol. The predicted octanol–water partition coefficient (Wildman–Crippen LogP) is 2.96. The zero-order valence-electron chi connectivity index (χ0n) is 11.4. The van der Waals surface area contributed by atoms with Gasteiger partial charge in [0.25, 0.3) is 0 Å². The van der Waals surface area contributed by atoms with Crippen LogP contribution in [0.2, 0.25) is 0 Å². The number of unbranched alkanes of at least 4 members (excludes halogenated alkanes) is 1. The van der Waals surface area contributed by atoms with Crippen LogP contribution in [-0.4, -0.2) is 38.5 Å². The normalized spacial score (nSPS) is 11.6. The number of hydrogen-bond donors (Lipinski definition) is 1. The van der Waals surface area contributed by atoms with Crippen molar-refractivity contribution in [2.24, 2.45) is 0 Å². The van der Waals surface area contributed by atoms with E-state index >= 15 is 0 Å². The van der Waals surface area contributed by atoms with E-state index in [1.165, 1.54) is 0 Å². The number of nitrogens with zero attached hydrogens (tertiary/aromatic N) is 1. The molecule has 0 aliphatic rings. The van der Waals surface area contributed by atoms with Crippen LogP contribution >= 0.6 is 0 Å². The van der Waals surface area contributed by atoms with Gasteiger partial charge in [-0.3, -0.25) is 0 Å². The molecule has 0 saturated carbocycles. The van der Waals surface area contributed by atoms with Gasteiger partial charge < -0.3 is 14.8 Å². The summed E-state index contributed by atoms with van der Waals surface area (Å²) in [5.74, 6) is 0.236. The second kappa shape index (κ2) is 8.76. The molecule has 0 bridgehead atoms. The van der Waals surface area contributed by atoms with Gasteiger partial charge in [0.05, 0.1) is 18.8 Å².